The molecule has 0 aliphatic carbocycles. The van der Waals surface area contributed by atoms with Gasteiger partial charge in [0.1, 0.15) is 0 Å². The van der Waals surface area contributed by atoms with E-state index in [9.17, 15) is 8.42 Å². The number of methoxy groups -OCH3 is 1. The highest BCUT2D eigenvalue weighted by molar-refractivity contribution is 7.89. The maximum Gasteiger partial charge on any atom is 0.238 e. The molecule has 0 spiro atoms. The fourth-order valence-electron chi connectivity index (χ4n) is 1.97. The van der Waals surface area contributed by atoms with Crippen molar-refractivity contribution in [1.29, 1.82) is 0 Å². The number of nitrogens with one attached hydrogen (secondary N) is 1. The molecule has 20 heavy (non-hydrogen) atoms. The van der Waals surface area contributed by atoms with Crippen molar-refractivity contribution in [3.05, 3.63) is 29.8 Å². The molecule has 114 valence electrons. The first-order valence-electron chi connectivity index (χ1n) is 6.37. The molecular formula is C13H22N2O4S. The number of rotatable bonds is 8. The zero-order chi connectivity index (χ0) is 15.2. The van der Waals surface area contributed by atoms with Gasteiger partial charge in [0, 0.05) is 25.8 Å². The van der Waals surface area contributed by atoms with Gasteiger partial charge in [0.15, 0.2) is 0 Å². The first kappa shape index (κ1) is 17.1. The summed E-state index contributed by atoms with van der Waals surface area (Å²) in [4.78, 5) is 0.0947. The van der Waals surface area contributed by atoms with Gasteiger partial charge in [0.2, 0.25) is 10.0 Å². The molecule has 2 atom stereocenters. The van der Waals surface area contributed by atoms with Crippen LogP contribution in [0.25, 0.3) is 0 Å². The van der Waals surface area contributed by atoms with E-state index in [1.54, 1.807) is 19.2 Å². The number of aliphatic hydroxyl groups is 1. The summed E-state index contributed by atoms with van der Waals surface area (Å²) in [7, 11) is -2.05. The number of primary sulfonamides is 1. The standard InChI is InChI=1S/C13H22N2O4S/c1-10(15-12(7-8-16)9-19-2)11-3-5-13(6-4-11)20(14,17)18/h3-6,10,12,15-16H,7-9H2,1-2H3,(H2,14,17,18). The first-order chi connectivity index (χ1) is 9.38. The average molecular weight is 302 g/mol. The van der Waals surface area contributed by atoms with Crippen LogP contribution in [-0.4, -0.2) is 39.9 Å². The normalized spacial score (nSPS) is 15.0. The zero-order valence-corrected chi connectivity index (χ0v) is 12.6. The third kappa shape index (κ3) is 5.18. The van der Waals surface area contributed by atoms with Crippen LogP contribution in [0.1, 0.15) is 24.9 Å². The molecule has 7 heteroatoms. The summed E-state index contributed by atoms with van der Waals surface area (Å²) in [5.74, 6) is 0. The number of aliphatic hydroxyl groups excluding tert-OH is 1. The Morgan fingerprint density at radius 1 is 1.35 bits per heavy atom. The minimum Gasteiger partial charge on any atom is -0.396 e. The van der Waals surface area contributed by atoms with E-state index in [0.29, 0.717) is 13.0 Å². The van der Waals surface area contributed by atoms with Gasteiger partial charge < -0.3 is 15.2 Å². The molecule has 0 aliphatic rings. The van der Waals surface area contributed by atoms with E-state index in [2.05, 4.69) is 5.32 Å². The summed E-state index contributed by atoms with van der Waals surface area (Å²) in [6.45, 7) is 2.55. The molecule has 0 aromatic heterocycles. The van der Waals surface area contributed by atoms with Gasteiger partial charge in [-0.3, -0.25) is 0 Å². The Balaban J connectivity index is 2.74. The van der Waals surface area contributed by atoms with Crippen LogP contribution in [0.5, 0.6) is 0 Å². The molecule has 6 nitrogen and oxygen atoms in total. The molecule has 0 aliphatic heterocycles. The fourth-order valence-corrected chi connectivity index (χ4v) is 2.48. The van der Waals surface area contributed by atoms with E-state index in [-0.39, 0.29) is 23.6 Å². The van der Waals surface area contributed by atoms with E-state index in [1.807, 2.05) is 6.92 Å². The maximum atomic E-state index is 11.2. The minimum atomic E-state index is -3.66. The van der Waals surface area contributed by atoms with Crippen molar-refractivity contribution in [3.63, 3.8) is 0 Å². The second-order valence-electron chi connectivity index (χ2n) is 4.67. The van der Waals surface area contributed by atoms with Crippen molar-refractivity contribution in [1.82, 2.24) is 5.32 Å². The fraction of sp³-hybridized carbons (Fsp3) is 0.538. The Morgan fingerprint density at radius 2 is 1.95 bits per heavy atom. The Bertz CT molecular complexity index is 496. The Labute approximate surface area is 120 Å². The van der Waals surface area contributed by atoms with Crippen molar-refractivity contribution in [2.24, 2.45) is 5.14 Å². The first-order valence-corrected chi connectivity index (χ1v) is 7.91. The molecule has 1 rings (SSSR count). The summed E-state index contributed by atoms with van der Waals surface area (Å²) in [6.07, 6.45) is 0.591. The van der Waals surface area contributed by atoms with Gasteiger partial charge in [-0.1, -0.05) is 12.1 Å². The Kier molecular flexibility index (Phi) is 6.57. The number of sulfonamides is 1. The molecule has 0 heterocycles. The molecule has 2 unspecified atom stereocenters. The third-order valence-corrected chi connectivity index (χ3v) is 3.97. The lowest BCUT2D eigenvalue weighted by Crippen LogP contribution is -2.36. The Hall–Kier alpha value is -0.990. The van der Waals surface area contributed by atoms with E-state index in [4.69, 9.17) is 15.0 Å². The van der Waals surface area contributed by atoms with Crippen LogP contribution in [-0.2, 0) is 14.8 Å². The summed E-state index contributed by atoms with van der Waals surface area (Å²) in [6, 6.07) is 6.47. The van der Waals surface area contributed by atoms with E-state index >= 15 is 0 Å². The molecule has 0 bridgehead atoms. The molecule has 0 saturated carbocycles. The van der Waals surface area contributed by atoms with Gasteiger partial charge in [0.25, 0.3) is 0 Å². The van der Waals surface area contributed by atoms with Crippen molar-refractivity contribution in [2.45, 2.75) is 30.3 Å². The average Bonchev–Trinajstić information content (AvgIpc) is 2.38. The van der Waals surface area contributed by atoms with Crippen LogP contribution in [0.2, 0.25) is 0 Å². The van der Waals surface area contributed by atoms with E-state index < -0.39 is 10.0 Å². The lowest BCUT2D eigenvalue weighted by Gasteiger charge is -2.22. The molecule has 0 saturated heterocycles. The van der Waals surface area contributed by atoms with Crippen LogP contribution >= 0.6 is 0 Å². The largest absolute Gasteiger partial charge is 0.396 e. The number of benzene rings is 1. The molecule has 0 fully saturated rings. The molecule has 1 aromatic carbocycles. The van der Waals surface area contributed by atoms with Gasteiger partial charge in [0.05, 0.1) is 11.5 Å². The number of ether oxygens (including phenoxy) is 1. The van der Waals surface area contributed by atoms with Crippen molar-refractivity contribution in [2.75, 3.05) is 20.3 Å². The van der Waals surface area contributed by atoms with Crippen LogP contribution < -0.4 is 10.5 Å². The molecule has 0 radical (unpaired) electrons. The second-order valence-corrected chi connectivity index (χ2v) is 6.23. The van der Waals surface area contributed by atoms with Crippen molar-refractivity contribution >= 4 is 10.0 Å². The van der Waals surface area contributed by atoms with Gasteiger partial charge in [-0.05, 0) is 31.0 Å². The van der Waals surface area contributed by atoms with Gasteiger partial charge in [-0.25, -0.2) is 13.6 Å². The van der Waals surface area contributed by atoms with Crippen molar-refractivity contribution in [3.8, 4) is 0 Å². The van der Waals surface area contributed by atoms with Gasteiger partial charge >= 0.3 is 0 Å². The predicted molar refractivity (Wildman–Crippen MR) is 76.7 cm³/mol. The van der Waals surface area contributed by atoms with Gasteiger partial charge in [-0.15, -0.1) is 0 Å². The molecule has 4 N–H and O–H groups in total. The zero-order valence-electron chi connectivity index (χ0n) is 11.7. The number of hydrogen-bond donors (Lipinski definition) is 3. The topological polar surface area (TPSA) is 102 Å². The van der Waals surface area contributed by atoms with Crippen LogP contribution in [0.4, 0.5) is 0 Å². The third-order valence-electron chi connectivity index (χ3n) is 3.04. The lowest BCUT2D eigenvalue weighted by molar-refractivity contribution is 0.143. The van der Waals surface area contributed by atoms with E-state index in [0.717, 1.165) is 5.56 Å². The summed E-state index contributed by atoms with van der Waals surface area (Å²) < 4.78 is 27.4. The molecule has 1 aromatic rings. The number of hydrogen-bond acceptors (Lipinski definition) is 5. The van der Waals surface area contributed by atoms with E-state index in [1.165, 1.54) is 12.1 Å². The molecular weight excluding hydrogens is 280 g/mol. The summed E-state index contributed by atoms with van der Waals surface area (Å²) in [5.41, 5.74) is 0.941. The van der Waals surface area contributed by atoms with Gasteiger partial charge in [-0.2, -0.15) is 0 Å². The van der Waals surface area contributed by atoms with Crippen LogP contribution in [0.15, 0.2) is 29.2 Å². The highest BCUT2D eigenvalue weighted by Crippen LogP contribution is 2.16. The Morgan fingerprint density at radius 3 is 2.40 bits per heavy atom. The summed E-state index contributed by atoms with van der Waals surface area (Å²) in [5, 5.41) is 17.4. The SMILES string of the molecule is COCC(CCO)NC(C)c1ccc(S(N)(=O)=O)cc1. The predicted octanol–water partition coefficient (Wildman–Crippen LogP) is 0.382. The monoisotopic (exact) mass is 302 g/mol. The lowest BCUT2D eigenvalue weighted by atomic mass is 10.1. The second kappa shape index (κ2) is 7.70. The highest BCUT2D eigenvalue weighted by atomic mass is 32.2. The minimum absolute atomic E-state index is 0.0104. The van der Waals surface area contributed by atoms with Crippen LogP contribution in [0.3, 0.4) is 0 Å². The maximum absolute atomic E-state index is 11.2. The van der Waals surface area contributed by atoms with Crippen LogP contribution in [0, 0.1) is 0 Å². The highest BCUT2D eigenvalue weighted by Gasteiger charge is 2.14. The smallest absolute Gasteiger partial charge is 0.238 e. The molecule has 0 amide bonds. The quantitative estimate of drug-likeness (QED) is 0.644. The summed E-state index contributed by atoms with van der Waals surface area (Å²) >= 11 is 0. The van der Waals surface area contributed by atoms with Crippen molar-refractivity contribution < 1.29 is 18.3 Å². The number of nitrogens with two attached hydrogens (primary N) is 1.